The molecule has 0 bridgehead atoms. The van der Waals surface area contributed by atoms with E-state index in [0.29, 0.717) is 12.8 Å². The van der Waals surface area contributed by atoms with E-state index in [1.54, 1.807) is 52.0 Å². The van der Waals surface area contributed by atoms with Crippen molar-refractivity contribution in [3.05, 3.63) is 106 Å². The van der Waals surface area contributed by atoms with Crippen molar-refractivity contribution in [2.24, 2.45) is 10.8 Å². The summed E-state index contributed by atoms with van der Waals surface area (Å²) >= 11 is 0. The molecule has 0 radical (unpaired) electrons. The predicted octanol–water partition coefficient (Wildman–Crippen LogP) is 7.96. The zero-order valence-corrected chi connectivity index (χ0v) is 31.5. The summed E-state index contributed by atoms with van der Waals surface area (Å²) in [5, 5.41) is 18.2. The van der Waals surface area contributed by atoms with Crippen LogP contribution in [-0.4, -0.2) is 50.3 Å². The average Bonchev–Trinajstić information content (AvgIpc) is 3.12. The fraction of sp³-hybridized carbons (Fsp3) is 0.381. The summed E-state index contributed by atoms with van der Waals surface area (Å²) in [4.78, 5) is 47.3. The normalized spacial score (nSPS) is 11.9. The van der Waals surface area contributed by atoms with Crippen molar-refractivity contribution in [2.45, 2.75) is 68.2 Å². The van der Waals surface area contributed by atoms with Gasteiger partial charge in [0.15, 0.2) is 0 Å². The zero-order valence-electron chi connectivity index (χ0n) is 31.5. The molecule has 2 aromatic carbocycles. The number of esters is 4. The number of carbonyl (C=O) groups excluding carboxylic acids is 4. The number of allylic oxidation sites excluding steroid dienone is 4. The summed E-state index contributed by atoms with van der Waals surface area (Å²) < 4.78 is 20.1. The Kier molecular flexibility index (Phi) is 19.5. The van der Waals surface area contributed by atoms with Gasteiger partial charge in [-0.15, -0.1) is 0 Å². The summed E-state index contributed by atoms with van der Waals surface area (Å²) in [6.45, 7) is 14.7. The van der Waals surface area contributed by atoms with Crippen LogP contribution in [0.5, 0.6) is 0 Å². The lowest BCUT2D eigenvalue weighted by molar-refractivity contribution is -0.158. The third-order valence-electron chi connectivity index (χ3n) is 7.88. The molecule has 0 N–H and O–H groups in total. The van der Waals surface area contributed by atoms with Crippen molar-refractivity contribution in [3.8, 4) is 12.1 Å². The van der Waals surface area contributed by atoms with Crippen molar-refractivity contribution in [2.75, 3.05) is 26.4 Å². The molecular formula is C42H50N2O8. The Morgan fingerprint density at radius 2 is 1.04 bits per heavy atom. The van der Waals surface area contributed by atoms with E-state index in [1.165, 1.54) is 12.2 Å². The fourth-order valence-corrected chi connectivity index (χ4v) is 3.64. The van der Waals surface area contributed by atoms with Gasteiger partial charge in [0.1, 0.15) is 49.7 Å². The van der Waals surface area contributed by atoms with Crippen LogP contribution in [0.1, 0.15) is 76.6 Å². The Morgan fingerprint density at radius 3 is 1.44 bits per heavy atom. The molecule has 10 nitrogen and oxygen atoms in total. The monoisotopic (exact) mass is 710 g/mol. The minimum atomic E-state index is -0.744. The summed E-state index contributed by atoms with van der Waals surface area (Å²) in [6, 6.07) is 19.3. The SMILES string of the molecule is CCC(C)(C)C(=O)OCCOC(=O)/C(C#N)=C/C=C/c1ccc(C)cc1.CCC(C)(C)C(=O)OCCOC(=O)/C(C#N)=C/C=C/c1cccc(C)c1. The number of hydrogen-bond acceptors (Lipinski definition) is 10. The van der Waals surface area contributed by atoms with Crippen LogP contribution in [0.3, 0.4) is 0 Å². The van der Waals surface area contributed by atoms with Crippen LogP contribution >= 0.6 is 0 Å². The molecule has 0 amide bonds. The fourth-order valence-electron chi connectivity index (χ4n) is 3.64. The van der Waals surface area contributed by atoms with Crippen LogP contribution in [0.2, 0.25) is 0 Å². The van der Waals surface area contributed by atoms with E-state index in [0.717, 1.165) is 22.3 Å². The number of ether oxygens (including phenoxy) is 4. The van der Waals surface area contributed by atoms with E-state index in [-0.39, 0.29) is 49.5 Å². The Balaban J connectivity index is 0.000000520. The Labute approximate surface area is 308 Å². The molecule has 276 valence electrons. The van der Waals surface area contributed by atoms with Gasteiger partial charge in [0, 0.05) is 0 Å². The van der Waals surface area contributed by atoms with E-state index in [2.05, 4.69) is 0 Å². The number of carbonyl (C=O) groups is 4. The number of nitrogens with zero attached hydrogens (tertiary/aromatic N) is 2. The van der Waals surface area contributed by atoms with E-state index >= 15 is 0 Å². The first-order valence-corrected chi connectivity index (χ1v) is 17.0. The molecule has 0 aliphatic heterocycles. The molecule has 2 aromatic rings. The Hall–Kier alpha value is -5.74. The molecule has 0 unspecified atom stereocenters. The predicted molar refractivity (Wildman–Crippen MR) is 200 cm³/mol. The first-order valence-electron chi connectivity index (χ1n) is 17.0. The number of rotatable bonds is 16. The van der Waals surface area contributed by atoms with Crippen molar-refractivity contribution in [1.29, 1.82) is 10.5 Å². The maximum atomic E-state index is 11.9. The van der Waals surface area contributed by atoms with Crippen LogP contribution in [0.4, 0.5) is 0 Å². The van der Waals surface area contributed by atoms with Crippen molar-refractivity contribution < 1.29 is 38.1 Å². The Morgan fingerprint density at radius 1 is 0.615 bits per heavy atom. The second-order valence-electron chi connectivity index (χ2n) is 12.9. The van der Waals surface area contributed by atoms with Crippen molar-refractivity contribution in [3.63, 3.8) is 0 Å². The van der Waals surface area contributed by atoms with Gasteiger partial charge in [0.25, 0.3) is 0 Å². The third kappa shape index (κ3) is 16.8. The highest BCUT2D eigenvalue weighted by atomic mass is 16.6. The summed E-state index contributed by atoms with van der Waals surface area (Å²) in [6.07, 6.45) is 10.9. The van der Waals surface area contributed by atoms with Gasteiger partial charge < -0.3 is 18.9 Å². The van der Waals surface area contributed by atoms with Crippen LogP contribution in [0.15, 0.2) is 84.0 Å². The van der Waals surface area contributed by atoms with Gasteiger partial charge in [0.05, 0.1) is 10.8 Å². The van der Waals surface area contributed by atoms with Gasteiger partial charge >= 0.3 is 23.9 Å². The van der Waals surface area contributed by atoms with Crippen LogP contribution in [0, 0.1) is 47.3 Å². The van der Waals surface area contributed by atoms with Crippen molar-refractivity contribution >= 4 is 36.0 Å². The van der Waals surface area contributed by atoms with Gasteiger partial charge in [-0.25, -0.2) is 9.59 Å². The van der Waals surface area contributed by atoms with Crippen LogP contribution < -0.4 is 0 Å². The maximum Gasteiger partial charge on any atom is 0.349 e. The highest BCUT2D eigenvalue weighted by Gasteiger charge is 2.27. The average molecular weight is 711 g/mol. The molecule has 10 heteroatoms. The standard InChI is InChI=1S/2C21H25NO4/c1-5-21(3,4)20(24)26-13-12-25-19(23)18(15-22)11-7-10-17-9-6-8-16(2)14-17;1-5-21(3,4)20(24)26-14-13-25-19(23)18(15-22)8-6-7-17-11-9-16(2)10-12-17/h6-11,14H,5,12-13H2,1-4H3;6-12H,5,13-14H2,1-4H3/b10-7+,18-11+;7-6+,18-8+. The molecule has 0 aliphatic rings. The lowest BCUT2D eigenvalue weighted by Crippen LogP contribution is -2.27. The molecule has 0 aliphatic carbocycles. The van der Waals surface area contributed by atoms with Crippen LogP contribution in [0.25, 0.3) is 12.2 Å². The number of benzene rings is 2. The molecule has 0 fully saturated rings. The molecule has 0 saturated carbocycles. The maximum absolute atomic E-state index is 11.9. The third-order valence-corrected chi connectivity index (χ3v) is 7.88. The first-order chi connectivity index (χ1) is 24.6. The van der Waals surface area contributed by atoms with E-state index in [1.807, 2.05) is 88.4 Å². The van der Waals surface area contributed by atoms with Gasteiger partial charge in [-0.05, 0) is 77.7 Å². The summed E-state index contributed by atoms with van der Waals surface area (Å²) in [7, 11) is 0. The largest absolute Gasteiger partial charge is 0.462 e. The minimum Gasteiger partial charge on any atom is -0.462 e. The molecule has 0 spiro atoms. The van der Waals surface area contributed by atoms with Gasteiger partial charge in [-0.1, -0.05) is 97.8 Å². The van der Waals surface area contributed by atoms with Gasteiger partial charge in [-0.3, -0.25) is 9.59 Å². The lowest BCUT2D eigenvalue weighted by atomic mass is 9.91. The highest BCUT2D eigenvalue weighted by Crippen LogP contribution is 2.22. The summed E-state index contributed by atoms with van der Waals surface area (Å²) in [5.41, 5.74) is 2.84. The Bertz CT molecular complexity index is 1710. The molecule has 0 atom stereocenters. The van der Waals surface area contributed by atoms with E-state index < -0.39 is 22.8 Å². The van der Waals surface area contributed by atoms with Crippen molar-refractivity contribution in [1.82, 2.24) is 0 Å². The van der Waals surface area contributed by atoms with E-state index in [9.17, 15) is 19.2 Å². The molecule has 0 aromatic heterocycles. The number of hydrogen-bond donors (Lipinski definition) is 0. The number of nitriles is 2. The molecule has 2 rings (SSSR count). The molecular weight excluding hydrogens is 660 g/mol. The van der Waals surface area contributed by atoms with Crippen LogP contribution in [-0.2, 0) is 38.1 Å². The number of aryl methyl sites for hydroxylation is 2. The van der Waals surface area contributed by atoms with Gasteiger partial charge in [0.2, 0.25) is 0 Å². The smallest absolute Gasteiger partial charge is 0.349 e. The summed E-state index contributed by atoms with van der Waals surface area (Å²) in [5.74, 6) is -2.17. The lowest BCUT2D eigenvalue weighted by Gasteiger charge is -2.20. The quantitative estimate of drug-likeness (QED) is 0.0419. The van der Waals surface area contributed by atoms with E-state index in [4.69, 9.17) is 29.5 Å². The molecule has 0 saturated heterocycles. The molecule has 0 heterocycles. The molecule has 52 heavy (non-hydrogen) atoms. The highest BCUT2D eigenvalue weighted by molar-refractivity contribution is 5.93. The van der Waals surface area contributed by atoms with Gasteiger partial charge in [-0.2, -0.15) is 10.5 Å². The second kappa shape index (κ2) is 22.9. The second-order valence-corrected chi connectivity index (χ2v) is 12.9. The minimum absolute atomic E-state index is 0.0358. The first kappa shape index (κ1) is 44.3. The zero-order chi connectivity index (χ0) is 39.2. The topological polar surface area (TPSA) is 153 Å².